The summed E-state index contributed by atoms with van der Waals surface area (Å²) in [4.78, 5) is 0. The van der Waals surface area contributed by atoms with Gasteiger partial charge in [-0.15, -0.1) is 0 Å². The van der Waals surface area contributed by atoms with Crippen molar-refractivity contribution in [2.45, 2.75) is 65.3 Å². The number of allylic oxidation sites excluding steroid dienone is 1. The number of aryl methyl sites for hydroxylation is 1. The molecule has 3 heteroatoms. The van der Waals surface area contributed by atoms with Crippen LogP contribution >= 0.6 is 0 Å². The van der Waals surface area contributed by atoms with Gasteiger partial charge in [-0.2, -0.15) is 0 Å². The van der Waals surface area contributed by atoms with Gasteiger partial charge in [0.15, 0.2) is 0 Å². The van der Waals surface area contributed by atoms with Crippen LogP contribution in [0.15, 0.2) is 49.1 Å². The minimum absolute atomic E-state index is 0.243. The quantitative estimate of drug-likeness (QED) is 0.420. The lowest BCUT2D eigenvalue weighted by atomic mass is 10.1. The molecular weight excluding hydrogens is 396 g/mol. The topological polar surface area (TPSA) is 9.23 Å². The SMILES string of the molecule is C=CCOc1c([Si](C)(C)c2cccc3c2C=CC3)cc(C)cc1[Si](C)(C)C(C)(C)C. The van der Waals surface area contributed by atoms with E-state index in [4.69, 9.17) is 4.74 Å². The molecule has 2 aromatic rings. The van der Waals surface area contributed by atoms with E-state index in [2.05, 4.69) is 103 Å². The van der Waals surface area contributed by atoms with Crippen LogP contribution < -0.4 is 20.3 Å². The van der Waals surface area contributed by atoms with Crippen LogP contribution in [0.1, 0.15) is 37.5 Å². The third-order valence-corrected chi connectivity index (χ3v) is 16.3. The van der Waals surface area contributed by atoms with Crippen LogP contribution in [0.5, 0.6) is 5.75 Å². The lowest BCUT2D eigenvalue weighted by molar-refractivity contribution is 0.368. The minimum atomic E-state index is -2.00. The molecule has 0 saturated heterocycles. The summed E-state index contributed by atoms with van der Waals surface area (Å²) in [5.74, 6) is 1.14. The van der Waals surface area contributed by atoms with Crippen molar-refractivity contribution in [2.24, 2.45) is 0 Å². The Morgan fingerprint density at radius 3 is 2.33 bits per heavy atom. The molecule has 0 aromatic heterocycles. The normalized spacial score (nSPS) is 14.0. The van der Waals surface area contributed by atoms with Crippen molar-refractivity contribution < 1.29 is 4.74 Å². The average Bonchev–Trinajstić information content (AvgIpc) is 3.14. The van der Waals surface area contributed by atoms with Gasteiger partial charge in [-0.3, -0.25) is 0 Å². The van der Waals surface area contributed by atoms with Gasteiger partial charge in [-0.25, -0.2) is 0 Å². The Hall–Kier alpha value is -1.85. The zero-order chi connectivity index (χ0) is 22.3. The summed E-state index contributed by atoms with van der Waals surface area (Å²) in [5.41, 5.74) is 4.25. The fourth-order valence-corrected chi connectivity index (χ4v) is 9.76. The van der Waals surface area contributed by atoms with Gasteiger partial charge >= 0.3 is 0 Å². The van der Waals surface area contributed by atoms with Crippen LogP contribution in [0.2, 0.25) is 31.2 Å². The summed E-state index contributed by atoms with van der Waals surface area (Å²) in [7, 11) is -3.79. The van der Waals surface area contributed by atoms with Gasteiger partial charge < -0.3 is 4.74 Å². The molecule has 0 spiro atoms. The Kier molecular flexibility index (Phi) is 6.10. The molecule has 0 N–H and O–H groups in total. The predicted octanol–water partition coefficient (Wildman–Crippen LogP) is 5.67. The maximum Gasteiger partial charge on any atom is 0.118 e. The second-order valence-electron chi connectivity index (χ2n) is 10.8. The van der Waals surface area contributed by atoms with Gasteiger partial charge in [-0.05, 0) is 45.1 Å². The molecule has 2 aromatic carbocycles. The van der Waals surface area contributed by atoms with Gasteiger partial charge in [0.2, 0.25) is 0 Å². The molecule has 160 valence electrons. The molecule has 0 heterocycles. The van der Waals surface area contributed by atoms with Crippen molar-refractivity contribution in [1.82, 2.24) is 0 Å². The van der Waals surface area contributed by atoms with Gasteiger partial charge in [0.05, 0.1) is 8.07 Å². The molecule has 0 amide bonds. The molecule has 0 fully saturated rings. The van der Waals surface area contributed by atoms with Crippen molar-refractivity contribution >= 4 is 37.8 Å². The number of benzene rings is 2. The monoisotopic (exact) mass is 434 g/mol. The van der Waals surface area contributed by atoms with Crippen LogP contribution in [0, 0.1) is 6.92 Å². The van der Waals surface area contributed by atoms with E-state index in [1.54, 1.807) is 0 Å². The highest BCUT2D eigenvalue weighted by atomic mass is 28.3. The number of rotatable bonds is 6. The number of ether oxygens (including phenoxy) is 1. The van der Waals surface area contributed by atoms with Gasteiger partial charge in [0, 0.05) is 0 Å². The molecule has 0 aliphatic heterocycles. The molecule has 0 bridgehead atoms. The van der Waals surface area contributed by atoms with Gasteiger partial charge in [-0.1, -0.05) is 108 Å². The maximum atomic E-state index is 6.51. The summed E-state index contributed by atoms with van der Waals surface area (Å²) in [6, 6.07) is 11.7. The minimum Gasteiger partial charge on any atom is -0.490 e. The first-order valence-corrected chi connectivity index (χ1v) is 17.1. The van der Waals surface area contributed by atoms with Crippen molar-refractivity contribution in [3.05, 3.63) is 65.8 Å². The summed E-state index contributed by atoms with van der Waals surface area (Å²) < 4.78 is 6.51. The third-order valence-electron chi connectivity index (χ3n) is 7.29. The second kappa shape index (κ2) is 8.01. The molecule has 30 heavy (non-hydrogen) atoms. The summed E-state index contributed by atoms with van der Waals surface area (Å²) in [6.07, 6.45) is 7.55. The lowest BCUT2D eigenvalue weighted by Crippen LogP contribution is -2.58. The zero-order valence-electron chi connectivity index (χ0n) is 20.1. The van der Waals surface area contributed by atoms with Crippen LogP contribution in [0.4, 0.5) is 0 Å². The standard InChI is InChI=1S/C27H38OSi2/c1-10-17-28-26-24(18-20(2)19-25(26)30(8,9)27(3,4)5)29(6,7)23-16-12-14-21-13-11-15-22(21)23/h10-12,14-16,18-19H,1,13,17H2,2-9H3. The van der Waals surface area contributed by atoms with Crippen LogP contribution in [-0.2, 0) is 6.42 Å². The summed E-state index contributed by atoms with van der Waals surface area (Å²) in [5, 5.41) is 4.64. The molecule has 1 nitrogen and oxygen atoms in total. The molecule has 0 unspecified atom stereocenters. The van der Waals surface area contributed by atoms with E-state index < -0.39 is 16.1 Å². The van der Waals surface area contributed by atoms with E-state index in [0.717, 1.165) is 12.2 Å². The van der Waals surface area contributed by atoms with E-state index in [0.29, 0.717) is 6.61 Å². The highest BCUT2D eigenvalue weighted by molar-refractivity contribution is 7.02. The molecular formula is C27H38OSi2. The fraction of sp³-hybridized carbons (Fsp3) is 0.407. The number of hydrogen-bond donors (Lipinski definition) is 0. The molecule has 1 aliphatic carbocycles. The zero-order valence-corrected chi connectivity index (χ0v) is 22.1. The van der Waals surface area contributed by atoms with Gasteiger partial charge in [0.25, 0.3) is 0 Å². The molecule has 3 rings (SSSR count). The summed E-state index contributed by atoms with van der Waals surface area (Å²) >= 11 is 0. The largest absolute Gasteiger partial charge is 0.490 e. The molecule has 0 saturated carbocycles. The predicted molar refractivity (Wildman–Crippen MR) is 140 cm³/mol. The lowest BCUT2D eigenvalue weighted by Gasteiger charge is -2.40. The Morgan fingerprint density at radius 1 is 1.03 bits per heavy atom. The van der Waals surface area contributed by atoms with E-state index in [1.807, 2.05) is 6.08 Å². The number of hydrogen-bond acceptors (Lipinski definition) is 1. The maximum absolute atomic E-state index is 6.51. The van der Waals surface area contributed by atoms with Gasteiger partial charge in [0.1, 0.15) is 20.4 Å². The van der Waals surface area contributed by atoms with Crippen molar-refractivity contribution in [3.8, 4) is 5.75 Å². The third kappa shape index (κ3) is 3.90. The highest BCUT2D eigenvalue weighted by Gasteiger charge is 2.42. The van der Waals surface area contributed by atoms with Crippen LogP contribution in [0.3, 0.4) is 0 Å². The first kappa shape index (κ1) is 22.8. The Bertz CT molecular complexity index is 991. The Morgan fingerprint density at radius 2 is 1.70 bits per heavy atom. The second-order valence-corrected chi connectivity index (χ2v) is 20.4. The average molecular weight is 435 g/mol. The van der Waals surface area contributed by atoms with Crippen molar-refractivity contribution in [1.29, 1.82) is 0 Å². The molecule has 1 aliphatic rings. The summed E-state index contributed by atoms with van der Waals surface area (Å²) in [6.45, 7) is 23.8. The van der Waals surface area contributed by atoms with Crippen molar-refractivity contribution in [2.75, 3.05) is 6.61 Å². The Balaban J connectivity index is 2.30. The molecule has 0 radical (unpaired) electrons. The first-order valence-electron chi connectivity index (χ1n) is 11.1. The first-order chi connectivity index (χ1) is 13.9. The van der Waals surface area contributed by atoms with E-state index in [9.17, 15) is 0 Å². The fourth-order valence-electron chi connectivity index (χ4n) is 4.39. The van der Waals surface area contributed by atoms with Crippen LogP contribution in [0.25, 0.3) is 6.08 Å². The van der Waals surface area contributed by atoms with E-state index >= 15 is 0 Å². The van der Waals surface area contributed by atoms with E-state index in [1.165, 1.54) is 32.3 Å². The van der Waals surface area contributed by atoms with E-state index in [-0.39, 0.29) is 5.04 Å². The van der Waals surface area contributed by atoms with Crippen molar-refractivity contribution in [3.63, 3.8) is 0 Å². The Labute approximate surface area is 185 Å². The number of fused-ring (bicyclic) bond motifs is 1. The molecule has 0 atom stereocenters. The highest BCUT2D eigenvalue weighted by Crippen LogP contribution is 2.37. The smallest absolute Gasteiger partial charge is 0.118 e. The van der Waals surface area contributed by atoms with Crippen LogP contribution in [-0.4, -0.2) is 22.8 Å².